The summed E-state index contributed by atoms with van der Waals surface area (Å²) in [5.41, 5.74) is 3.62. The van der Waals surface area contributed by atoms with Crippen LogP contribution in [-0.4, -0.2) is 18.6 Å². The van der Waals surface area contributed by atoms with Crippen LogP contribution in [0.5, 0.6) is 11.5 Å². The Morgan fingerprint density at radius 1 is 1.08 bits per heavy atom. The number of carbonyl (C=O) groups excluding carboxylic acids is 1. The second-order valence-corrected chi connectivity index (χ2v) is 6.50. The van der Waals surface area contributed by atoms with Crippen LogP contribution in [0.1, 0.15) is 36.7 Å². The van der Waals surface area contributed by atoms with E-state index >= 15 is 0 Å². The van der Waals surface area contributed by atoms with Crippen molar-refractivity contribution < 1.29 is 14.3 Å². The lowest BCUT2D eigenvalue weighted by Gasteiger charge is -2.31. The Bertz CT molecular complexity index is 821. The molecule has 124 valence electrons. The predicted molar refractivity (Wildman–Crippen MR) is 95.7 cm³/mol. The summed E-state index contributed by atoms with van der Waals surface area (Å²) in [6.45, 7) is 6.30. The minimum absolute atomic E-state index is 0.132. The third kappa shape index (κ3) is 3.27. The Kier molecular flexibility index (Phi) is 4.06. The van der Waals surface area contributed by atoms with Gasteiger partial charge in [-0.15, -0.1) is 0 Å². The predicted octanol–water partition coefficient (Wildman–Crippen LogP) is 4.52. The minimum atomic E-state index is -0.406. The van der Waals surface area contributed by atoms with Crippen molar-refractivity contribution in [3.63, 3.8) is 0 Å². The summed E-state index contributed by atoms with van der Waals surface area (Å²) in [6.07, 6.45) is 2.19. The van der Waals surface area contributed by atoms with Gasteiger partial charge in [0.05, 0.1) is 18.2 Å². The van der Waals surface area contributed by atoms with E-state index in [9.17, 15) is 4.79 Å². The van der Waals surface area contributed by atoms with Crippen molar-refractivity contribution in [3.8, 4) is 11.5 Å². The number of anilines is 1. The number of rotatable bonds is 3. The third-order valence-electron chi connectivity index (χ3n) is 3.97. The van der Waals surface area contributed by atoms with E-state index < -0.39 is 5.97 Å². The molecule has 1 heterocycles. The molecule has 2 aromatic carbocycles. The fraction of sp³-hybridized carbons (Fsp3) is 0.250. The van der Waals surface area contributed by atoms with Gasteiger partial charge in [-0.2, -0.15) is 0 Å². The van der Waals surface area contributed by atoms with Crippen molar-refractivity contribution in [3.05, 3.63) is 59.7 Å². The van der Waals surface area contributed by atoms with Crippen LogP contribution in [0.15, 0.2) is 48.5 Å². The molecular formula is C20H21NO3. The number of hydrogen-bond donors (Lipinski definition) is 1. The van der Waals surface area contributed by atoms with Gasteiger partial charge in [-0.3, -0.25) is 0 Å². The maximum Gasteiger partial charge on any atom is 0.343 e. The fourth-order valence-corrected chi connectivity index (χ4v) is 2.95. The molecule has 0 bridgehead atoms. The Morgan fingerprint density at radius 3 is 2.62 bits per heavy atom. The van der Waals surface area contributed by atoms with Gasteiger partial charge in [0.1, 0.15) is 11.5 Å². The highest BCUT2D eigenvalue weighted by Gasteiger charge is 2.23. The molecule has 0 saturated heterocycles. The molecule has 1 N–H and O–H groups in total. The van der Waals surface area contributed by atoms with Gasteiger partial charge in [0.15, 0.2) is 0 Å². The summed E-state index contributed by atoms with van der Waals surface area (Å²) >= 11 is 0. The highest BCUT2D eigenvalue weighted by molar-refractivity contribution is 5.92. The average molecular weight is 323 g/mol. The van der Waals surface area contributed by atoms with Gasteiger partial charge >= 0.3 is 5.97 Å². The monoisotopic (exact) mass is 323 g/mol. The topological polar surface area (TPSA) is 47.6 Å². The highest BCUT2D eigenvalue weighted by Crippen LogP contribution is 2.35. The molecule has 4 nitrogen and oxygen atoms in total. The lowest BCUT2D eigenvalue weighted by molar-refractivity contribution is 0.0734. The molecule has 3 rings (SSSR count). The van der Waals surface area contributed by atoms with Crippen LogP contribution in [0.2, 0.25) is 0 Å². The first-order valence-corrected chi connectivity index (χ1v) is 7.86. The number of methoxy groups -OCH3 is 1. The summed E-state index contributed by atoms with van der Waals surface area (Å²) < 4.78 is 10.7. The smallest absolute Gasteiger partial charge is 0.343 e. The molecule has 0 aromatic heterocycles. The van der Waals surface area contributed by atoms with Gasteiger partial charge in [0.2, 0.25) is 0 Å². The lowest BCUT2D eigenvalue weighted by Crippen LogP contribution is -2.31. The summed E-state index contributed by atoms with van der Waals surface area (Å²) in [7, 11) is 1.57. The maximum atomic E-state index is 12.3. The van der Waals surface area contributed by atoms with Crippen LogP contribution in [0.4, 0.5) is 5.69 Å². The van der Waals surface area contributed by atoms with Crippen molar-refractivity contribution >= 4 is 17.2 Å². The molecule has 1 aliphatic heterocycles. The van der Waals surface area contributed by atoms with Crippen LogP contribution in [0, 0.1) is 0 Å². The largest absolute Gasteiger partial charge is 0.497 e. The number of hydrogen-bond acceptors (Lipinski definition) is 4. The van der Waals surface area contributed by atoms with Crippen LogP contribution in [-0.2, 0) is 0 Å². The lowest BCUT2D eigenvalue weighted by atomic mass is 9.91. The molecule has 1 aliphatic rings. The zero-order chi connectivity index (χ0) is 17.3. The van der Waals surface area contributed by atoms with Crippen LogP contribution >= 0.6 is 0 Å². The molecule has 0 aliphatic carbocycles. The zero-order valence-corrected chi connectivity index (χ0v) is 14.3. The molecule has 0 atom stereocenters. The molecule has 0 amide bonds. The number of allylic oxidation sites excluding steroid dienone is 1. The van der Waals surface area contributed by atoms with Crippen molar-refractivity contribution in [1.29, 1.82) is 0 Å². The number of benzene rings is 2. The maximum absolute atomic E-state index is 12.3. The van der Waals surface area contributed by atoms with E-state index in [1.54, 1.807) is 31.4 Å². The summed E-state index contributed by atoms with van der Waals surface area (Å²) in [5, 5.41) is 3.45. The molecule has 4 heteroatoms. The van der Waals surface area contributed by atoms with Crippen molar-refractivity contribution in [1.82, 2.24) is 0 Å². The Hall–Kier alpha value is -2.75. The normalized spacial score (nSPS) is 14.9. The zero-order valence-electron chi connectivity index (χ0n) is 14.3. The SMILES string of the molecule is COc1cccc(C(=O)Oc2ccc3c(c2)NC(C)(C)C=C3C)c1. The van der Waals surface area contributed by atoms with E-state index in [1.807, 2.05) is 18.2 Å². The number of esters is 1. The third-order valence-corrected chi connectivity index (χ3v) is 3.97. The van der Waals surface area contributed by atoms with Gasteiger partial charge in [0.25, 0.3) is 0 Å². The second kappa shape index (κ2) is 6.04. The molecular weight excluding hydrogens is 302 g/mol. The van der Waals surface area contributed by atoms with Crippen molar-refractivity contribution in [2.45, 2.75) is 26.3 Å². The minimum Gasteiger partial charge on any atom is -0.497 e. The van der Waals surface area contributed by atoms with Crippen LogP contribution < -0.4 is 14.8 Å². The summed E-state index contributed by atoms with van der Waals surface area (Å²) in [6, 6.07) is 12.6. The van der Waals surface area contributed by atoms with Crippen LogP contribution in [0.25, 0.3) is 5.57 Å². The number of nitrogens with one attached hydrogen (secondary N) is 1. The highest BCUT2D eigenvalue weighted by atomic mass is 16.5. The van der Waals surface area contributed by atoms with Gasteiger partial charge in [-0.1, -0.05) is 12.1 Å². The first-order valence-electron chi connectivity index (χ1n) is 7.86. The van der Waals surface area contributed by atoms with Gasteiger partial charge in [-0.05, 0) is 56.7 Å². The molecule has 0 spiro atoms. The van der Waals surface area contributed by atoms with Crippen molar-refractivity contribution in [2.75, 3.05) is 12.4 Å². The first-order chi connectivity index (χ1) is 11.4. The molecule has 0 radical (unpaired) electrons. The van der Waals surface area contributed by atoms with Crippen molar-refractivity contribution in [2.24, 2.45) is 0 Å². The van der Waals surface area contributed by atoms with E-state index in [0.29, 0.717) is 17.1 Å². The van der Waals surface area contributed by atoms with Gasteiger partial charge in [0, 0.05) is 17.3 Å². The average Bonchev–Trinajstić information content (AvgIpc) is 2.53. The number of fused-ring (bicyclic) bond motifs is 1. The summed E-state index contributed by atoms with van der Waals surface area (Å²) in [5.74, 6) is 0.731. The fourth-order valence-electron chi connectivity index (χ4n) is 2.95. The number of carbonyl (C=O) groups is 1. The van der Waals surface area contributed by atoms with E-state index in [2.05, 4.69) is 32.2 Å². The van der Waals surface area contributed by atoms with Gasteiger partial charge in [-0.25, -0.2) is 4.79 Å². The molecule has 24 heavy (non-hydrogen) atoms. The molecule has 0 saturated carbocycles. The van der Waals surface area contributed by atoms with E-state index in [1.165, 1.54) is 5.57 Å². The Balaban J connectivity index is 1.84. The molecule has 2 aromatic rings. The molecule has 0 fully saturated rings. The van der Waals surface area contributed by atoms with E-state index in [0.717, 1.165) is 11.3 Å². The first kappa shape index (κ1) is 16.1. The Labute approximate surface area is 142 Å². The summed E-state index contributed by atoms with van der Waals surface area (Å²) in [4.78, 5) is 12.3. The Morgan fingerprint density at radius 2 is 1.88 bits per heavy atom. The quantitative estimate of drug-likeness (QED) is 0.666. The van der Waals surface area contributed by atoms with E-state index in [4.69, 9.17) is 9.47 Å². The number of ether oxygens (including phenoxy) is 2. The van der Waals surface area contributed by atoms with E-state index in [-0.39, 0.29) is 5.54 Å². The standard InChI is InChI=1S/C20H21NO3/c1-13-12-20(2,3)21-18-11-16(8-9-17(13)18)24-19(22)14-6-5-7-15(10-14)23-4/h5-12,21H,1-4H3. The second-order valence-electron chi connectivity index (χ2n) is 6.50. The van der Waals surface area contributed by atoms with Crippen LogP contribution in [0.3, 0.4) is 0 Å². The van der Waals surface area contributed by atoms with Gasteiger partial charge < -0.3 is 14.8 Å². The molecule has 0 unspecified atom stereocenters.